The largest absolute Gasteiger partial charge is 0.512 e. The maximum atomic E-state index is 11.1. The van der Waals surface area contributed by atoms with Crippen LogP contribution in [0.25, 0.3) is 0 Å². The lowest BCUT2D eigenvalue weighted by molar-refractivity contribution is 0.116. The first kappa shape index (κ1) is 18.4. The molecule has 0 fully saturated rings. The lowest BCUT2D eigenvalue weighted by atomic mass is 9.84. The van der Waals surface area contributed by atoms with Gasteiger partial charge in [-0.2, -0.15) is 4.76 Å². The molecule has 7 nitrogen and oxygen atoms in total. The number of phenols is 1. The molecule has 1 aromatic rings. The van der Waals surface area contributed by atoms with Crippen LogP contribution in [0.5, 0.6) is 5.75 Å². The standard InChI is InChI=1S/C16H20NO6P/c1-10(11-4-2-5-12(18)9-11)8-15(20)16-13(17-24(21,22)23)6-3-7-14(16)19/h2-7,9-10,15-16,18-20H,8H2,1H3,(H2,21,22,23)/b17-13+. The van der Waals surface area contributed by atoms with Gasteiger partial charge in [0.05, 0.1) is 17.7 Å². The first-order valence-electron chi connectivity index (χ1n) is 7.37. The summed E-state index contributed by atoms with van der Waals surface area (Å²) in [6.45, 7) is 1.84. The van der Waals surface area contributed by atoms with Crippen molar-refractivity contribution in [2.75, 3.05) is 0 Å². The van der Waals surface area contributed by atoms with Crippen LogP contribution in [-0.4, -0.2) is 36.9 Å². The Labute approximate surface area is 139 Å². The van der Waals surface area contributed by atoms with Crippen molar-refractivity contribution >= 4 is 13.5 Å². The van der Waals surface area contributed by atoms with Gasteiger partial charge in [-0.25, -0.2) is 4.57 Å². The van der Waals surface area contributed by atoms with Crippen molar-refractivity contribution in [2.45, 2.75) is 25.4 Å². The van der Waals surface area contributed by atoms with Crippen LogP contribution in [0.15, 0.2) is 53.0 Å². The number of allylic oxidation sites excluding steroid dienone is 3. The maximum Gasteiger partial charge on any atom is 0.448 e. The van der Waals surface area contributed by atoms with Gasteiger partial charge < -0.3 is 25.1 Å². The van der Waals surface area contributed by atoms with E-state index < -0.39 is 19.8 Å². The molecule has 24 heavy (non-hydrogen) atoms. The summed E-state index contributed by atoms with van der Waals surface area (Å²) in [4.78, 5) is 18.1. The number of aliphatic hydroxyl groups excluding tert-OH is 2. The lowest BCUT2D eigenvalue weighted by Crippen LogP contribution is -2.31. The SMILES string of the molecule is CC(CC(O)C1C(O)=CC=C/C1=N\P(=O)(O)O)c1cccc(O)c1. The second-order valence-electron chi connectivity index (χ2n) is 5.77. The fourth-order valence-electron chi connectivity index (χ4n) is 2.71. The number of rotatable bonds is 5. The van der Waals surface area contributed by atoms with E-state index >= 15 is 0 Å². The monoisotopic (exact) mass is 353 g/mol. The van der Waals surface area contributed by atoms with Gasteiger partial charge in [0, 0.05) is 0 Å². The van der Waals surface area contributed by atoms with Gasteiger partial charge in [0.2, 0.25) is 0 Å². The van der Waals surface area contributed by atoms with Crippen molar-refractivity contribution < 1.29 is 29.7 Å². The quantitative estimate of drug-likeness (QED) is 0.517. The zero-order chi connectivity index (χ0) is 17.9. The molecular weight excluding hydrogens is 333 g/mol. The molecule has 5 N–H and O–H groups in total. The predicted molar refractivity (Wildman–Crippen MR) is 90.0 cm³/mol. The molecule has 130 valence electrons. The molecule has 1 aromatic carbocycles. The van der Waals surface area contributed by atoms with Gasteiger partial charge in [0.25, 0.3) is 0 Å². The summed E-state index contributed by atoms with van der Waals surface area (Å²) in [6, 6.07) is 6.61. The van der Waals surface area contributed by atoms with E-state index in [-0.39, 0.29) is 29.6 Å². The van der Waals surface area contributed by atoms with Crippen LogP contribution < -0.4 is 0 Å². The maximum absolute atomic E-state index is 11.1. The minimum Gasteiger partial charge on any atom is -0.512 e. The molecule has 1 aliphatic carbocycles. The summed E-state index contributed by atoms with van der Waals surface area (Å²) in [7, 11) is -4.68. The second kappa shape index (κ2) is 7.32. The molecule has 0 radical (unpaired) electrons. The van der Waals surface area contributed by atoms with E-state index in [2.05, 4.69) is 4.76 Å². The molecule has 0 saturated heterocycles. The van der Waals surface area contributed by atoms with E-state index in [1.807, 2.05) is 6.92 Å². The van der Waals surface area contributed by atoms with Crippen LogP contribution >= 0.6 is 7.75 Å². The topological polar surface area (TPSA) is 131 Å². The first-order chi connectivity index (χ1) is 11.2. The highest BCUT2D eigenvalue weighted by molar-refractivity contribution is 7.50. The average Bonchev–Trinajstić information content (AvgIpc) is 2.45. The van der Waals surface area contributed by atoms with Crippen LogP contribution in [0.2, 0.25) is 0 Å². The highest BCUT2D eigenvalue weighted by atomic mass is 31.2. The third-order valence-electron chi connectivity index (χ3n) is 3.84. The molecular formula is C16H20NO6P. The molecule has 0 aliphatic heterocycles. The molecule has 0 saturated carbocycles. The van der Waals surface area contributed by atoms with Gasteiger partial charge in [-0.1, -0.05) is 25.1 Å². The fraction of sp³-hybridized carbons (Fsp3) is 0.312. The second-order valence-corrected chi connectivity index (χ2v) is 6.99. The summed E-state index contributed by atoms with van der Waals surface area (Å²) < 4.78 is 14.4. The van der Waals surface area contributed by atoms with Crippen LogP contribution in [0, 0.1) is 5.92 Å². The van der Waals surface area contributed by atoms with Crippen LogP contribution in [0.3, 0.4) is 0 Å². The van der Waals surface area contributed by atoms with E-state index in [0.29, 0.717) is 0 Å². The molecule has 8 heteroatoms. The van der Waals surface area contributed by atoms with Crippen molar-refractivity contribution in [2.24, 2.45) is 10.7 Å². The van der Waals surface area contributed by atoms with Gasteiger partial charge in [0.15, 0.2) is 0 Å². The van der Waals surface area contributed by atoms with E-state index in [4.69, 9.17) is 9.79 Å². The van der Waals surface area contributed by atoms with Crippen molar-refractivity contribution in [1.29, 1.82) is 0 Å². The Balaban J connectivity index is 2.21. The van der Waals surface area contributed by atoms with E-state index in [9.17, 15) is 19.9 Å². The van der Waals surface area contributed by atoms with Gasteiger partial charge in [-0.05, 0) is 42.2 Å². The van der Waals surface area contributed by atoms with Crippen LogP contribution in [-0.2, 0) is 4.57 Å². The highest BCUT2D eigenvalue weighted by Crippen LogP contribution is 2.39. The molecule has 3 atom stereocenters. The zero-order valence-electron chi connectivity index (χ0n) is 13.0. The molecule has 1 aliphatic rings. The summed E-state index contributed by atoms with van der Waals surface area (Å²) in [6.07, 6.45) is 3.22. The fourth-order valence-corrected chi connectivity index (χ4v) is 3.20. The molecule has 0 amide bonds. The highest BCUT2D eigenvalue weighted by Gasteiger charge is 2.32. The number of benzene rings is 1. The summed E-state index contributed by atoms with van der Waals surface area (Å²) in [5.41, 5.74) is 0.733. The zero-order valence-corrected chi connectivity index (χ0v) is 13.9. The Morgan fingerprint density at radius 2 is 2.00 bits per heavy atom. The molecule has 3 unspecified atom stereocenters. The lowest BCUT2D eigenvalue weighted by Gasteiger charge is -2.27. The Bertz CT molecular complexity index is 736. The van der Waals surface area contributed by atoms with Gasteiger partial charge in [-0.15, -0.1) is 0 Å². The number of hydrogen-bond acceptors (Lipinski definition) is 4. The Morgan fingerprint density at radius 3 is 2.62 bits per heavy atom. The third-order valence-corrected chi connectivity index (χ3v) is 4.33. The van der Waals surface area contributed by atoms with Crippen LogP contribution in [0.1, 0.15) is 24.8 Å². The van der Waals surface area contributed by atoms with Crippen molar-refractivity contribution in [3.05, 3.63) is 53.8 Å². The molecule has 0 spiro atoms. The molecule has 0 aromatic heterocycles. The van der Waals surface area contributed by atoms with Gasteiger partial charge >= 0.3 is 7.75 Å². The molecule has 0 heterocycles. The van der Waals surface area contributed by atoms with E-state index in [1.165, 1.54) is 24.3 Å². The Kier molecular flexibility index (Phi) is 5.62. The van der Waals surface area contributed by atoms with Crippen LogP contribution in [0.4, 0.5) is 0 Å². The number of aliphatic hydroxyl groups is 2. The normalized spacial score (nSPS) is 22.2. The summed E-state index contributed by atoms with van der Waals surface area (Å²) in [5, 5.41) is 30.0. The van der Waals surface area contributed by atoms with Crippen molar-refractivity contribution in [3.63, 3.8) is 0 Å². The smallest absolute Gasteiger partial charge is 0.448 e. The summed E-state index contributed by atoms with van der Waals surface area (Å²) in [5.74, 6) is -1.26. The number of phenolic OH excluding ortho intramolecular Hbond substituents is 1. The number of hydrogen-bond donors (Lipinski definition) is 5. The number of nitrogens with zero attached hydrogens (tertiary/aromatic N) is 1. The summed E-state index contributed by atoms with van der Waals surface area (Å²) >= 11 is 0. The van der Waals surface area contributed by atoms with E-state index in [0.717, 1.165) is 5.56 Å². The predicted octanol–water partition coefficient (Wildman–Crippen LogP) is 2.41. The Hall–Kier alpha value is -1.92. The first-order valence-corrected chi connectivity index (χ1v) is 8.94. The van der Waals surface area contributed by atoms with Crippen molar-refractivity contribution in [3.8, 4) is 5.75 Å². The van der Waals surface area contributed by atoms with E-state index in [1.54, 1.807) is 18.2 Å². The number of aromatic hydroxyl groups is 1. The Morgan fingerprint density at radius 1 is 1.29 bits per heavy atom. The third kappa shape index (κ3) is 4.79. The van der Waals surface area contributed by atoms with Crippen molar-refractivity contribution in [1.82, 2.24) is 0 Å². The molecule has 2 rings (SSSR count). The average molecular weight is 353 g/mol. The minimum absolute atomic E-state index is 0.0704. The molecule has 0 bridgehead atoms. The van der Waals surface area contributed by atoms with Gasteiger partial charge in [0.1, 0.15) is 11.5 Å². The minimum atomic E-state index is -4.68. The van der Waals surface area contributed by atoms with Gasteiger partial charge in [-0.3, -0.25) is 0 Å².